The Kier molecular flexibility index (Phi) is 8.19. The fraction of sp³-hybridized carbons (Fsp3) is 0.258. The number of methoxy groups -OCH3 is 2. The number of nitrogens with zero attached hydrogens (tertiary/aromatic N) is 3. The quantitative estimate of drug-likeness (QED) is 0.222. The minimum absolute atomic E-state index is 0.0913. The van der Waals surface area contributed by atoms with E-state index in [4.69, 9.17) is 33.3 Å². The number of anilines is 2. The van der Waals surface area contributed by atoms with E-state index in [1.807, 2.05) is 61.5 Å². The molecule has 41 heavy (non-hydrogen) atoms. The molecule has 0 unspecified atom stereocenters. The van der Waals surface area contributed by atoms with Crippen LogP contribution in [0.2, 0.25) is 5.02 Å². The molecule has 0 spiro atoms. The third kappa shape index (κ3) is 5.35. The van der Waals surface area contributed by atoms with Crippen LogP contribution in [0.4, 0.5) is 11.4 Å². The van der Waals surface area contributed by atoms with E-state index in [2.05, 4.69) is 45.0 Å². The fourth-order valence-electron chi connectivity index (χ4n) is 5.42. The number of aryl methyl sites for hydroxylation is 1. The number of halogens is 1. The number of nitrogens with one attached hydrogen (secondary N) is 2. The van der Waals surface area contributed by atoms with E-state index in [0.717, 1.165) is 39.8 Å². The molecule has 3 heterocycles. The number of rotatable bonds is 8. The maximum atomic E-state index is 12.1. The van der Waals surface area contributed by atoms with Crippen molar-refractivity contribution in [2.75, 3.05) is 24.4 Å². The Morgan fingerprint density at radius 1 is 1.07 bits per heavy atom. The van der Waals surface area contributed by atoms with Crippen LogP contribution in [-0.2, 0) is 4.79 Å². The molecule has 5 rings (SSSR count). The molecule has 0 saturated carbocycles. The molecule has 2 aromatic heterocycles. The number of carbonyl (C=O) groups excluding carboxylic acids is 1. The molecule has 0 bridgehead atoms. The van der Waals surface area contributed by atoms with Crippen LogP contribution in [0, 0.1) is 13.8 Å². The van der Waals surface area contributed by atoms with E-state index in [-0.39, 0.29) is 18.0 Å². The molecular weight excluding hydrogens is 558 g/mol. The molecule has 1 aliphatic rings. The molecule has 1 fully saturated rings. The van der Waals surface area contributed by atoms with Crippen molar-refractivity contribution in [1.82, 2.24) is 14.9 Å². The van der Waals surface area contributed by atoms with Crippen LogP contribution in [0.5, 0.6) is 11.5 Å². The normalized spacial score (nSPS) is 16.4. The first-order valence-corrected chi connectivity index (χ1v) is 14.1. The molecular formula is C31H32ClN5O3S. The van der Waals surface area contributed by atoms with Gasteiger partial charge in [0.05, 0.1) is 43.4 Å². The summed E-state index contributed by atoms with van der Waals surface area (Å²) in [7, 11) is 3.24. The summed E-state index contributed by atoms with van der Waals surface area (Å²) in [4.78, 5) is 18.9. The molecule has 4 aromatic rings. The molecule has 1 saturated heterocycles. The summed E-state index contributed by atoms with van der Waals surface area (Å²) in [6.45, 7) is 5.95. The highest BCUT2D eigenvalue weighted by Gasteiger charge is 2.42. The van der Waals surface area contributed by atoms with Crippen molar-refractivity contribution in [2.24, 2.45) is 0 Å². The van der Waals surface area contributed by atoms with Gasteiger partial charge in [-0.1, -0.05) is 24.6 Å². The average molecular weight is 590 g/mol. The Labute approximate surface area is 250 Å². The Bertz CT molecular complexity index is 1610. The zero-order chi connectivity index (χ0) is 29.3. The highest BCUT2D eigenvalue weighted by atomic mass is 35.5. The highest BCUT2D eigenvalue weighted by molar-refractivity contribution is 7.80. The van der Waals surface area contributed by atoms with Gasteiger partial charge in [0.15, 0.2) is 5.11 Å². The van der Waals surface area contributed by atoms with Crippen molar-refractivity contribution in [1.29, 1.82) is 0 Å². The van der Waals surface area contributed by atoms with Crippen LogP contribution < -0.4 is 25.0 Å². The Balaban J connectivity index is 1.67. The zero-order valence-electron chi connectivity index (χ0n) is 23.6. The number of hydrogen-bond acceptors (Lipinski definition) is 5. The van der Waals surface area contributed by atoms with Gasteiger partial charge in [0.2, 0.25) is 5.91 Å². The van der Waals surface area contributed by atoms with E-state index in [0.29, 0.717) is 28.0 Å². The van der Waals surface area contributed by atoms with E-state index >= 15 is 0 Å². The van der Waals surface area contributed by atoms with Crippen LogP contribution >= 0.6 is 23.8 Å². The molecule has 0 aliphatic carbocycles. The number of hydrogen-bond donors (Lipinski definition) is 2. The van der Waals surface area contributed by atoms with Crippen molar-refractivity contribution in [3.8, 4) is 17.2 Å². The molecule has 1 amide bonds. The average Bonchev–Trinajstić information content (AvgIpc) is 3.48. The van der Waals surface area contributed by atoms with Crippen LogP contribution in [0.25, 0.3) is 5.69 Å². The summed E-state index contributed by atoms with van der Waals surface area (Å²) in [5.41, 5.74) is 6.25. The van der Waals surface area contributed by atoms with E-state index in [1.54, 1.807) is 20.4 Å². The van der Waals surface area contributed by atoms with E-state index in [1.165, 1.54) is 0 Å². The third-order valence-corrected chi connectivity index (χ3v) is 7.88. The van der Waals surface area contributed by atoms with Crippen molar-refractivity contribution in [2.45, 2.75) is 39.3 Å². The minimum Gasteiger partial charge on any atom is -0.495 e. The molecule has 2 aromatic carbocycles. The minimum atomic E-state index is -0.247. The largest absolute Gasteiger partial charge is 0.495 e. The second-order valence-corrected chi connectivity index (χ2v) is 10.6. The lowest BCUT2D eigenvalue weighted by molar-refractivity contribution is -0.115. The van der Waals surface area contributed by atoms with Crippen molar-refractivity contribution in [3.63, 3.8) is 0 Å². The number of benzene rings is 2. The maximum Gasteiger partial charge on any atom is 0.224 e. The lowest BCUT2D eigenvalue weighted by Gasteiger charge is -2.29. The van der Waals surface area contributed by atoms with E-state index < -0.39 is 0 Å². The Hall–Kier alpha value is -4.08. The molecule has 212 valence electrons. The lowest BCUT2D eigenvalue weighted by atomic mass is 9.96. The molecule has 1 aliphatic heterocycles. The van der Waals surface area contributed by atoms with Crippen molar-refractivity contribution < 1.29 is 14.3 Å². The van der Waals surface area contributed by atoms with Gasteiger partial charge in [0, 0.05) is 40.8 Å². The first-order chi connectivity index (χ1) is 19.8. The van der Waals surface area contributed by atoms with Crippen LogP contribution in [0.3, 0.4) is 0 Å². The first-order valence-electron chi connectivity index (χ1n) is 13.3. The molecule has 2 atom stereocenters. The topological polar surface area (TPSA) is 80.7 Å². The number of ether oxygens (including phenoxy) is 2. The Morgan fingerprint density at radius 2 is 1.85 bits per heavy atom. The summed E-state index contributed by atoms with van der Waals surface area (Å²) in [6, 6.07) is 18.8. The van der Waals surface area contributed by atoms with Gasteiger partial charge in [-0.05, 0) is 80.2 Å². The Morgan fingerprint density at radius 3 is 2.54 bits per heavy atom. The lowest BCUT2D eigenvalue weighted by Crippen LogP contribution is -2.29. The van der Waals surface area contributed by atoms with Gasteiger partial charge in [0.1, 0.15) is 11.5 Å². The number of thiocarbonyl (C=S) groups is 1. The monoisotopic (exact) mass is 589 g/mol. The molecule has 10 heteroatoms. The van der Waals surface area contributed by atoms with Gasteiger partial charge in [-0.25, -0.2) is 0 Å². The highest BCUT2D eigenvalue weighted by Crippen LogP contribution is 2.45. The summed E-state index contributed by atoms with van der Waals surface area (Å²) in [6.07, 6.45) is 2.15. The smallest absolute Gasteiger partial charge is 0.224 e. The van der Waals surface area contributed by atoms with E-state index in [9.17, 15) is 4.79 Å². The molecule has 8 nitrogen and oxygen atoms in total. The van der Waals surface area contributed by atoms with Gasteiger partial charge in [-0.2, -0.15) is 0 Å². The van der Waals surface area contributed by atoms with Gasteiger partial charge in [-0.3, -0.25) is 9.78 Å². The van der Waals surface area contributed by atoms with Gasteiger partial charge in [-0.15, -0.1) is 0 Å². The molecule has 0 radical (unpaired) electrons. The van der Waals surface area contributed by atoms with Gasteiger partial charge in [0.25, 0.3) is 0 Å². The van der Waals surface area contributed by atoms with Gasteiger partial charge >= 0.3 is 0 Å². The summed E-state index contributed by atoms with van der Waals surface area (Å²) >= 11 is 12.4. The van der Waals surface area contributed by atoms with Crippen LogP contribution in [0.1, 0.15) is 48.1 Å². The fourth-order valence-corrected chi connectivity index (χ4v) is 5.93. The maximum absolute atomic E-state index is 12.1. The standard InChI is InChI=1S/C31H32ClN5O3S/c1-6-28(38)34-23-12-11-21(17-27(23)40-5)37-30(29(35-31(37)41)24-9-7-8-14-33-24)22-15-18(2)36(19(22)3)25-16-20(32)10-13-26(25)39-4/h7-17,29-30H,6H2,1-5H3,(H,34,38)(H,35,41)/t29-,30+/m0/s1. The number of amides is 1. The number of pyridine rings is 1. The molecule has 2 N–H and O–H groups in total. The zero-order valence-corrected chi connectivity index (χ0v) is 25.1. The summed E-state index contributed by atoms with van der Waals surface area (Å²) in [5.74, 6) is 1.17. The van der Waals surface area contributed by atoms with Gasteiger partial charge < -0.3 is 29.6 Å². The predicted molar refractivity (Wildman–Crippen MR) is 167 cm³/mol. The summed E-state index contributed by atoms with van der Waals surface area (Å²) in [5, 5.41) is 7.60. The summed E-state index contributed by atoms with van der Waals surface area (Å²) < 4.78 is 13.5. The van der Waals surface area contributed by atoms with Crippen molar-refractivity contribution >= 4 is 46.2 Å². The predicted octanol–water partition coefficient (Wildman–Crippen LogP) is 6.69. The SMILES string of the molecule is CCC(=O)Nc1ccc(N2C(=S)N[C@@H](c3ccccn3)[C@H]2c2cc(C)n(-c3cc(Cl)ccc3OC)c2C)cc1OC. The van der Waals surface area contributed by atoms with Crippen LogP contribution in [-0.4, -0.2) is 34.8 Å². The van der Waals surface area contributed by atoms with Crippen LogP contribution in [0.15, 0.2) is 66.9 Å². The number of carbonyl (C=O) groups is 1. The second kappa shape index (κ2) is 11.8. The number of aromatic nitrogens is 2. The second-order valence-electron chi connectivity index (χ2n) is 9.76. The van der Waals surface area contributed by atoms with Crippen molar-refractivity contribution in [3.05, 3.63) is 94.5 Å². The first kappa shape index (κ1) is 28.4. The third-order valence-electron chi connectivity index (χ3n) is 7.33.